The van der Waals surface area contributed by atoms with Crippen molar-refractivity contribution < 1.29 is 5.11 Å². The van der Waals surface area contributed by atoms with Gasteiger partial charge >= 0.3 is 0 Å². The highest BCUT2D eigenvalue weighted by atomic mass is 35.5. The van der Waals surface area contributed by atoms with Crippen LogP contribution in [0, 0.1) is 6.92 Å². The fourth-order valence-electron chi connectivity index (χ4n) is 2.17. The number of nitrogens with zero attached hydrogens (tertiary/aromatic N) is 3. The standard InChI is InChI=1S/C13H14ClN3O/c1-8-2-3-9(14)6-11(8)13-16-15-12(7-18)17(13)10-4-5-10/h2-3,6,10,18H,4-5,7H2,1H3. The lowest BCUT2D eigenvalue weighted by Crippen LogP contribution is -2.04. The van der Waals surface area contributed by atoms with Gasteiger partial charge in [-0.15, -0.1) is 10.2 Å². The van der Waals surface area contributed by atoms with E-state index in [1.54, 1.807) is 0 Å². The second kappa shape index (κ2) is 4.37. The molecule has 0 spiro atoms. The lowest BCUT2D eigenvalue weighted by Gasteiger charge is -2.10. The quantitative estimate of drug-likeness (QED) is 0.926. The van der Waals surface area contributed by atoms with Gasteiger partial charge in [-0.1, -0.05) is 17.7 Å². The van der Waals surface area contributed by atoms with Crippen LogP contribution in [-0.4, -0.2) is 19.9 Å². The molecule has 0 atom stereocenters. The van der Waals surface area contributed by atoms with Gasteiger partial charge in [0.15, 0.2) is 11.6 Å². The molecule has 0 bridgehead atoms. The number of rotatable bonds is 3. The van der Waals surface area contributed by atoms with E-state index in [4.69, 9.17) is 11.6 Å². The Morgan fingerprint density at radius 2 is 2.17 bits per heavy atom. The zero-order chi connectivity index (χ0) is 12.7. The van der Waals surface area contributed by atoms with Crippen LogP contribution in [0.25, 0.3) is 11.4 Å². The van der Waals surface area contributed by atoms with E-state index in [1.165, 1.54) is 0 Å². The summed E-state index contributed by atoms with van der Waals surface area (Å²) < 4.78 is 2.04. The normalized spacial score (nSPS) is 15.1. The van der Waals surface area contributed by atoms with Crippen molar-refractivity contribution in [3.63, 3.8) is 0 Å². The van der Waals surface area contributed by atoms with Crippen molar-refractivity contribution in [3.05, 3.63) is 34.6 Å². The van der Waals surface area contributed by atoms with Gasteiger partial charge in [0, 0.05) is 16.6 Å². The van der Waals surface area contributed by atoms with Gasteiger partial charge in [-0.05, 0) is 37.5 Å². The summed E-state index contributed by atoms with van der Waals surface area (Å²) in [6.07, 6.45) is 2.25. The largest absolute Gasteiger partial charge is 0.388 e. The Morgan fingerprint density at radius 1 is 1.39 bits per heavy atom. The minimum absolute atomic E-state index is 0.0802. The number of hydrogen-bond donors (Lipinski definition) is 1. The van der Waals surface area contributed by atoms with Crippen molar-refractivity contribution in [1.29, 1.82) is 0 Å². The minimum Gasteiger partial charge on any atom is -0.388 e. The molecule has 5 heteroatoms. The molecule has 4 nitrogen and oxygen atoms in total. The second-order valence-corrected chi connectivity index (χ2v) is 5.09. The summed E-state index contributed by atoms with van der Waals surface area (Å²) in [5.41, 5.74) is 2.10. The van der Waals surface area contributed by atoms with Crippen LogP contribution >= 0.6 is 11.6 Å². The molecule has 1 aromatic carbocycles. The van der Waals surface area contributed by atoms with Crippen LogP contribution in [0.4, 0.5) is 0 Å². The Bertz CT molecular complexity index is 590. The van der Waals surface area contributed by atoms with Crippen molar-refractivity contribution in [2.45, 2.75) is 32.4 Å². The summed E-state index contributed by atoms with van der Waals surface area (Å²) in [5, 5.41) is 18.3. The first-order chi connectivity index (χ1) is 8.70. The molecule has 1 saturated carbocycles. The molecule has 1 fully saturated rings. The highest BCUT2D eigenvalue weighted by Gasteiger charge is 2.30. The lowest BCUT2D eigenvalue weighted by molar-refractivity contribution is 0.265. The van der Waals surface area contributed by atoms with Crippen molar-refractivity contribution in [1.82, 2.24) is 14.8 Å². The van der Waals surface area contributed by atoms with Crippen LogP contribution in [0.15, 0.2) is 18.2 Å². The maximum Gasteiger partial charge on any atom is 0.164 e. The topological polar surface area (TPSA) is 50.9 Å². The van der Waals surface area contributed by atoms with Crippen LogP contribution in [0.1, 0.15) is 30.3 Å². The van der Waals surface area contributed by atoms with Crippen LogP contribution in [0.2, 0.25) is 5.02 Å². The van der Waals surface area contributed by atoms with Crippen molar-refractivity contribution in [2.75, 3.05) is 0 Å². The van der Waals surface area contributed by atoms with E-state index in [1.807, 2.05) is 29.7 Å². The number of aryl methyl sites for hydroxylation is 1. The molecule has 1 heterocycles. The van der Waals surface area contributed by atoms with E-state index in [-0.39, 0.29) is 6.61 Å². The molecular weight excluding hydrogens is 250 g/mol. The maximum atomic E-state index is 9.33. The molecule has 1 N–H and O–H groups in total. The second-order valence-electron chi connectivity index (χ2n) is 4.66. The summed E-state index contributed by atoms with van der Waals surface area (Å²) in [6.45, 7) is 1.94. The minimum atomic E-state index is -0.0802. The highest BCUT2D eigenvalue weighted by Crippen LogP contribution is 2.39. The van der Waals surface area contributed by atoms with E-state index >= 15 is 0 Å². The van der Waals surface area contributed by atoms with E-state index in [0.29, 0.717) is 16.9 Å². The number of benzene rings is 1. The van der Waals surface area contributed by atoms with Crippen LogP contribution < -0.4 is 0 Å². The monoisotopic (exact) mass is 263 g/mol. The number of aromatic nitrogens is 3. The van der Waals surface area contributed by atoms with Gasteiger partial charge in [-0.3, -0.25) is 0 Å². The smallest absolute Gasteiger partial charge is 0.164 e. The molecular formula is C13H14ClN3O. The zero-order valence-electron chi connectivity index (χ0n) is 10.1. The molecule has 2 aromatic rings. The summed E-state index contributed by atoms with van der Waals surface area (Å²) in [4.78, 5) is 0. The third kappa shape index (κ3) is 1.91. The van der Waals surface area contributed by atoms with Gasteiger partial charge in [0.25, 0.3) is 0 Å². The first kappa shape index (κ1) is 11.7. The van der Waals surface area contributed by atoms with Gasteiger partial charge in [-0.25, -0.2) is 0 Å². The van der Waals surface area contributed by atoms with Crippen LogP contribution in [0.3, 0.4) is 0 Å². The molecule has 18 heavy (non-hydrogen) atoms. The first-order valence-electron chi connectivity index (χ1n) is 6.02. The lowest BCUT2D eigenvalue weighted by atomic mass is 10.1. The number of aliphatic hydroxyl groups is 1. The molecule has 0 unspecified atom stereocenters. The van der Waals surface area contributed by atoms with Crippen molar-refractivity contribution >= 4 is 11.6 Å². The fourth-order valence-corrected chi connectivity index (χ4v) is 2.34. The van der Waals surface area contributed by atoms with E-state index in [9.17, 15) is 5.11 Å². The SMILES string of the molecule is Cc1ccc(Cl)cc1-c1nnc(CO)n1C1CC1. The summed E-state index contributed by atoms with van der Waals surface area (Å²) in [6, 6.07) is 6.17. The van der Waals surface area contributed by atoms with E-state index in [0.717, 1.165) is 29.8 Å². The number of hydrogen-bond acceptors (Lipinski definition) is 3. The number of halogens is 1. The fraction of sp³-hybridized carbons (Fsp3) is 0.385. The Morgan fingerprint density at radius 3 is 2.83 bits per heavy atom. The van der Waals surface area contributed by atoms with Crippen LogP contribution in [-0.2, 0) is 6.61 Å². The molecule has 94 valence electrons. The predicted octanol–water partition coefficient (Wildman–Crippen LogP) is 2.73. The third-order valence-electron chi connectivity index (χ3n) is 3.26. The van der Waals surface area contributed by atoms with Gasteiger partial charge in [-0.2, -0.15) is 0 Å². The molecule has 0 radical (unpaired) electrons. The molecule has 3 rings (SSSR count). The highest BCUT2D eigenvalue weighted by molar-refractivity contribution is 6.30. The third-order valence-corrected chi connectivity index (χ3v) is 3.50. The predicted molar refractivity (Wildman–Crippen MR) is 69.4 cm³/mol. The molecule has 0 amide bonds. The molecule has 1 aliphatic rings. The Kier molecular flexibility index (Phi) is 2.84. The summed E-state index contributed by atoms with van der Waals surface area (Å²) in [5.74, 6) is 1.44. The Balaban J connectivity index is 2.16. The van der Waals surface area contributed by atoms with Gasteiger partial charge < -0.3 is 9.67 Å². The first-order valence-corrected chi connectivity index (χ1v) is 6.39. The molecule has 0 aliphatic heterocycles. The van der Waals surface area contributed by atoms with Gasteiger partial charge in [0.1, 0.15) is 6.61 Å². The van der Waals surface area contributed by atoms with Crippen molar-refractivity contribution in [3.8, 4) is 11.4 Å². The van der Waals surface area contributed by atoms with E-state index < -0.39 is 0 Å². The van der Waals surface area contributed by atoms with Gasteiger partial charge in [0.05, 0.1) is 0 Å². The number of aliphatic hydroxyl groups excluding tert-OH is 1. The maximum absolute atomic E-state index is 9.33. The van der Waals surface area contributed by atoms with Crippen molar-refractivity contribution in [2.24, 2.45) is 0 Å². The summed E-state index contributed by atoms with van der Waals surface area (Å²) in [7, 11) is 0. The average Bonchev–Trinajstić information content (AvgIpc) is 3.12. The van der Waals surface area contributed by atoms with Crippen LogP contribution in [0.5, 0.6) is 0 Å². The zero-order valence-corrected chi connectivity index (χ0v) is 10.9. The Hall–Kier alpha value is -1.39. The molecule has 0 saturated heterocycles. The molecule has 1 aliphatic carbocycles. The van der Waals surface area contributed by atoms with Gasteiger partial charge in [0.2, 0.25) is 0 Å². The summed E-state index contributed by atoms with van der Waals surface area (Å²) >= 11 is 6.05. The average molecular weight is 264 g/mol. The van der Waals surface area contributed by atoms with E-state index in [2.05, 4.69) is 10.2 Å². The Labute approximate surface area is 110 Å². The molecule has 1 aromatic heterocycles.